The van der Waals surface area contributed by atoms with Crippen molar-refractivity contribution in [1.82, 2.24) is 10.9 Å². The zero-order valence-corrected chi connectivity index (χ0v) is 7.12. The molecule has 0 rings (SSSR count). The monoisotopic (exact) mass is 174 g/mol. The van der Waals surface area contributed by atoms with Gasteiger partial charge >= 0.3 is 0 Å². The standard InChI is InChI=1S/C6H14N4O2/c1-6(5-8-10-12)3-2-4-7-9-11/h6H,2-5H2,1H3,(H,7,11)(H,8,12). The van der Waals surface area contributed by atoms with E-state index < -0.39 is 0 Å². The lowest BCUT2D eigenvalue weighted by Crippen LogP contribution is -2.16. The summed E-state index contributed by atoms with van der Waals surface area (Å²) < 4.78 is 0. The summed E-state index contributed by atoms with van der Waals surface area (Å²) in [6.45, 7) is 3.17. The molecule has 0 aromatic rings. The second kappa shape index (κ2) is 7.90. The van der Waals surface area contributed by atoms with Gasteiger partial charge in [0.25, 0.3) is 0 Å². The Morgan fingerprint density at radius 3 is 2.50 bits per heavy atom. The quantitative estimate of drug-likeness (QED) is 0.326. The zero-order valence-electron chi connectivity index (χ0n) is 7.12. The molecule has 0 aliphatic carbocycles. The van der Waals surface area contributed by atoms with Crippen molar-refractivity contribution in [3.63, 3.8) is 0 Å². The third kappa shape index (κ3) is 6.91. The molecule has 12 heavy (non-hydrogen) atoms. The SMILES string of the molecule is CC(CCCNN=O)CNN=O. The van der Waals surface area contributed by atoms with E-state index in [-0.39, 0.29) is 0 Å². The molecule has 1 unspecified atom stereocenters. The lowest BCUT2D eigenvalue weighted by atomic mass is 10.1. The van der Waals surface area contributed by atoms with Gasteiger partial charge in [-0.2, -0.15) is 0 Å². The fourth-order valence-electron chi connectivity index (χ4n) is 0.870. The Balaban J connectivity index is 3.12. The van der Waals surface area contributed by atoms with E-state index in [9.17, 15) is 9.81 Å². The van der Waals surface area contributed by atoms with Gasteiger partial charge < -0.3 is 0 Å². The minimum atomic E-state index is 0.385. The van der Waals surface area contributed by atoms with Gasteiger partial charge in [0.05, 0.1) is 0 Å². The van der Waals surface area contributed by atoms with Gasteiger partial charge in [0.1, 0.15) is 0 Å². The molecule has 70 valence electrons. The molecule has 6 heteroatoms. The number of nitrogens with one attached hydrogen (secondary N) is 2. The van der Waals surface area contributed by atoms with Crippen LogP contribution in [-0.4, -0.2) is 13.1 Å². The number of rotatable bonds is 8. The van der Waals surface area contributed by atoms with Crippen LogP contribution in [0.3, 0.4) is 0 Å². The maximum absolute atomic E-state index is 9.66. The molecule has 0 aromatic carbocycles. The van der Waals surface area contributed by atoms with Crippen LogP contribution in [0.4, 0.5) is 0 Å². The van der Waals surface area contributed by atoms with E-state index in [1.807, 2.05) is 6.92 Å². The summed E-state index contributed by atoms with van der Waals surface area (Å²) in [5.41, 5.74) is 4.68. The van der Waals surface area contributed by atoms with Gasteiger partial charge in [-0.15, -0.1) is 9.81 Å². The topological polar surface area (TPSA) is 82.9 Å². The molecule has 0 aliphatic heterocycles. The molecule has 6 nitrogen and oxygen atoms in total. The molecule has 2 N–H and O–H groups in total. The maximum Gasteiger partial charge on any atom is 0.0496 e. The average molecular weight is 174 g/mol. The number of hydrogen-bond donors (Lipinski definition) is 2. The van der Waals surface area contributed by atoms with Crippen molar-refractivity contribution in [1.29, 1.82) is 0 Å². The van der Waals surface area contributed by atoms with Crippen molar-refractivity contribution in [3.8, 4) is 0 Å². The van der Waals surface area contributed by atoms with E-state index in [0.29, 0.717) is 19.0 Å². The highest BCUT2D eigenvalue weighted by atomic mass is 16.3. The smallest absolute Gasteiger partial charge is 0.0496 e. The third-order valence-corrected chi connectivity index (χ3v) is 1.55. The zero-order chi connectivity index (χ0) is 9.23. The lowest BCUT2D eigenvalue weighted by Gasteiger charge is -2.07. The van der Waals surface area contributed by atoms with Gasteiger partial charge in [0.15, 0.2) is 0 Å². The minimum Gasteiger partial charge on any atom is -0.274 e. The highest BCUT2D eigenvalue weighted by molar-refractivity contribution is 4.55. The van der Waals surface area contributed by atoms with Crippen molar-refractivity contribution < 1.29 is 0 Å². The fraction of sp³-hybridized carbons (Fsp3) is 1.00. The summed E-state index contributed by atoms with van der Waals surface area (Å²) in [5.74, 6) is 0.385. The van der Waals surface area contributed by atoms with Crippen molar-refractivity contribution in [3.05, 3.63) is 9.81 Å². The molecule has 0 bridgehead atoms. The van der Waals surface area contributed by atoms with E-state index in [1.54, 1.807) is 0 Å². The first kappa shape index (κ1) is 10.8. The summed E-state index contributed by atoms with van der Waals surface area (Å²) in [6.07, 6.45) is 1.80. The molecule has 0 saturated heterocycles. The molecule has 0 aliphatic rings. The van der Waals surface area contributed by atoms with Gasteiger partial charge in [0, 0.05) is 23.7 Å². The van der Waals surface area contributed by atoms with Crippen molar-refractivity contribution in [2.24, 2.45) is 16.5 Å². The van der Waals surface area contributed by atoms with Crippen LogP contribution in [0.2, 0.25) is 0 Å². The highest BCUT2D eigenvalue weighted by Crippen LogP contribution is 2.02. The first-order valence-electron chi connectivity index (χ1n) is 3.91. The Bertz CT molecular complexity index is 131. The Hall–Kier alpha value is -1.20. The predicted octanol–water partition coefficient (Wildman–Crippen LogP) is 0.945. The average Bonchev–Trinajstić information content (AvgIpc) is 2.09. The molecule has 0 fully saturated rings. The molecule has 1 atom stereocenters. The summed E-state index contributed by atoms with van der Waals surface area (Å²) in [5, 5.41) is 5.05. The van der Waals surface area contributed by atoms with Crippen LogP contribution >= 0.6 is 0 Å². The van der Waals surface area contributed by atoms with Crippen LogP contribution in [-0.2, 0) is 0 Å². The van der Waals surface area contributed by atoms with Gasteiger partial charge in [-0.1, -0.05) is 6.92 Å². The van der Waals surface area contributed by atoms with Gasteiger partial charge in [-0.05, 0) is 18.8 Å². The maximum atomic E-state index is 9.66. The Kier molecular flexibility index (Phi) is 7.11. The van der Waals surface area contributed by atoms with Crippen LogP contribution in [0, 0.1) is 15.7 Å². The van der Waals surface area contributed by atoms with E-state index in [2.05, 4.69) is 21.4 Å². The fourth-order valence-corrected chi connectivity index (χ4v) is 0.870. The van der Waals surface area contributed by atoms with E-state index in [1.165, 1.54) is 0 Å². The summed E-state index contributed by atoms with van der Waals surface area (Å²) >= 11 is 0. The summed E-state index contributed by atoms with van der Waals surface area (Å²) in [4.78, 5) is 19.2. The predicted molar refractivity (Wildman–Crippen MR) is 46.0 cm³/mol. The number of nitroso groups, excluding NO2 is 2. The largest absolute Gasteiger partial charge is 0.274 e. The summed E-state index contributed by atoms with van der Waals surface area (Å²) in [6, 6.07) is 0. The van der Waals surface area contributed by atoms with Gasteiger partial charge in [-0.25, -0.2) is 0 Å². The highest BCUT2D eigenvalue weighted by Gasteiger charge is 2.00. The minimum absolute atomic E-state index is 0.385. The molecule has 0 saturated carbocycles. The van der Waals surface area contributed by atoms with E-state index >= 15 is 0 Å². The normalized spacial score (nSPS) is 11.8. The van der Waals surface area contributed by atoms with Gasteiger partial charge in [-0.3, -0.25) is 10.9 Å². The second-order valence-corrected chi connectivity index (χ2v) is 2.70. The first-order valence-corrected chi connectivity index (χ1v) is 3.91. The molecule has 0 spiro atoms. The van der Waals surface area contributed by atoms with Crippen molar-refractivity contribution in [2.45, 2.75) is 19.8 Å². The Morgan fingerprint density at radius 2 is 1.92 bits per heavy atom. The third-order valence-electron chi connectivity index (χ3n) is 1.55. The van der Waals surface area contributed by atoms with Gasteiger partial charge in [0.2, 0.25) is 0 Å². The number of hydrogen-bond acceptors (Lipinski definition) is 4. The van der Waals surface area contributed by atoms with Crippen LogP contribution in [0.15, 0.2) is 10.6 Å². The Labute approximate surface area is 71.0 Å². The molecule has 0 radical (unpaired) electrons. The van der Waals surface area contributed by atoms with Crippen molar-refractivity contribution >= 4 is 0 Å². The molecule has 0 heterocycles. The molecule has 0 aromatic heterocycles. The lowest BCUT2D eigenvalue weighted by molar-refractivity contribution is 0.465. The number of nitrogens with zero attached hydrogens (tertiary/aromatic N) is 2. The summed E-state index contributed by atoms with van der Waals surface area (Å²) in [7, 11) is 0. The van der Waals surface area contributed by atoms with Crippen LogP contribution in [0.25, 0.3) is 0 Å². The van der Waals surface area contributed by atoms with E-state index in [4.69, 9.17) is 0 Å². The van der Waals surface area contributed by atoms with Crippen molar-refractivity contribution in [2.75, 3.05) is 13.1 Å². The molecular formula is C6H14N4O2. The van der Waals surface area contributed by atoms with Crippen LogP contribution < -0.4 is 10.9 Å². The molecule has 0 amide bonds. The molecular weight excluding hydrogens is 160 g/mol. The Morgan fingerprint density at radius 1 is 1.25 bits per heavy atom. The van der Waals surface area contributed by atoms with Crippen LogP contribution in [0.5, 0.6) is 0 Å². The first-order chi connectivity index (χ1) is 5.81. The second-order valence-electron chi connectivity index (χ2n) is 2.70. The van der Waals surface area contributed by atoms with Crippen LogP contribution in [0.1, 0.15) is 19.8 Å². The van der Waals surface area contributed by atoms with E-state index in [0.717, 1.165) is 12.8 Å².